The zero-order valence-electron chi connectivity index (χ0n) is 88.5. The van der Waals surface area contributed by atoms with Crippen molar-refractivity contribution >= 4 is 0 Å². The maximum atomic E-state index is 4.54. The molecule has 0 aromatic carbocycles. The van der Waals surface area contributed by atoms with Crippen molar-refractivity contribution in [1.29, 1.82) is 0 Å². The maximum absolute atomic E-state index is 4.54. The Balaban J connectivity index is -0.0000000615. The van der Waals surface area contributed by atoms with Gasteiger partial charge in [-0.15, -0.1) is 0 Å². The summed E-state index contributed by atoms with van der Waals surface area (Å²) < 4.78 is 4.54. The number of ether oxygens (including phenoxy) is 1. The quantitative estimate of drug-likeness (QED) is 0.0681. The van der Waals surface area contributed by atoms with Crippen molar-refractivity contribution in [2.75, 3.05) is 168 Å². The van der Waals surface area contributed by atoms with Crippen LogP contribution in [-0.2, 0) is 4.74 Å². The largest absolute Gasteiger partial charge is 0.385 e. The lowest BCUT2D eigenvalue weighted by Gasteiger charge is -2.25. The van der Waals surface area contributed by atoms with Gasteiger partial charge >= 0.3 is 0 Å². The Morgan fingerprint density at radius 2 is 0.486 bits per heavy atom. The Morgan fingerprint density at radius 1 is 0.261 bits per heavy atom. The van der Waals surface area contributed by atoms with Gasteiger partial charge in [-0.3, -0.25) is 0 Å². The van der Waals surface area contributed by atoms with E-state index in [1.54, 1.807) is 7.11 Å². The third-order valence-corrected chi connectivity index (χ3v) is 18.2. The summed E-state index contributed by atoms with van der Waals surface area (Å²) in [5, 5.41) is 0. The number of unbranched alkanes of at least 4 members (excludes halogenated alkanes) is 11. The monoisotopic (exact) mass is 1600 g/mol. The van der Waals surface area contributed by atoms with E-state index in [0.717, 1.165) is 36.9 Å². The number of methoxy groups -OCH3 is 1. The molecule has 9 heteroatoms. The molecule has 0 bridgehead atoms. The van der Waals surface area contributed by atoms with Crippen LogP contribution in [0, 0.1) is 17.8 Å². The van der Waals surface area contributed by atoms with Gasteiger partial charge in [-0.05, 0) is 270 Å². The zero-order valence-corrected chi connectivity index (χ0v) is 88.5. The summed E-state index contributed by atoms with van der Waals surface area (Å²) in [7, 11) is 18.4. The third kappa shape index (κ3) is 234. The Bertz CT molecular complexity index is 1130. The van der Waals surface area contributed by atoms with E-state index in [2.05, 4.69) is 336 Å². The van der Waals surface area contributed by atoms with Crippen molar-refractivity contribution in [2.45, 2.75) is 492 Å². The van der Waals surface area contributed by atoms with Crippen molar-refractivity contribution in [3.05, 3.63) is 0 Å². The molecule has 4 heterocycles. The second-order valence-corrected chi connectivity index (χ2v) is 32.6. The van der Waals surface area contributed by atoms with Crippen LogP contribution in [0.15, 0.2) is 0 Å². The highest BCUT2D eigenvalue weighted by molar-refractivity contribution is 4.66. The highest BCUT2D eigenvalue weighted by atomic mass is 16.5. The fraction of sp³-hybridized carbons (Fsp3) is 1.00. The molecule has 4 fully saturated rings. The number of nitrogens with zero attached hydrogens (tertiary/aromatic N) is 8. The van der Waals surface area contributed by atoms with Gasteiger partial charge in [-0.2, -0.15) is 0 Å². The van der Waals surface area contributed by atoms with E-state index in [1.807, 2.05) is 6.92 Å². The topological polar surface area (TPSA) is 35.2 Å². The van der Waals surface area contributed by atoms with Gasteiger partial charge in [0, 0.05) is 19.8 Å². The van der Waals surface area contributed by atoms with Crippen LogP contribution < -0.4 is 0 Å². The highest BCUT2D eigenvalue weighted by Crippen LogP contribution is 2.10. The number of hydrogen-bond acceptors (Lipinski definition) is 9. The Morgan fingerprint density at radius 3 is 0.568 bits per heavy atom. The molecule has 1 unspecified atom stereocenters. The number of piperidine rings is 2. The lowest BCUT2D eigenvalue weighted by atomic mass is 10.1. The summed E-state index contributed by atoms with van der Waals surface area (Å²) >= 11 is 0. The van der Waals surface area contributed by atoms with Crippen LogP contribution in [0.4, 0.5) is 0 Å². The lowest BCUT2D eigenvalue weighted by molar-refractivity contribution is 0.215. The standard InChI is InChI=1S/C8H17N.2C7H15N.C6H13N.2C6H15N.2C6H14.C5H13N.4C5H12.C4H11N.3C4H10.C3H8O.2C3H8/c1-2-6-9-7-4-3-5-8-9;1-2-8-6-4-3-5-7-8;1-2-5-8-6-3-4-7-8;1-2-7-5-3-4-6-7;1-5-6(2)7(3)4;1-4-5-6-7(2)3;1-4-6(3)5-2;1-3-5-6-4-2;1-4-5-6(2)3;2*1-4-5(2)3;2*1-3-5-4-2;1-4-5(2)3;4*1-3-4-2;2*1-3-2/h2-8H2,1H3;2*2-7H2,1H3;2-6H2,1H3;6H,5H2,1-4H3;4-6H2,1-3H3;6H,4-5H2,1-3H3;3-6H2,1-2H3;4-5H2,1-3H3;2*5H,4H2,1-3H3;2*3-5H2,1-2H3;4H2,1-3H3;3*3-4H2,1-2H3;3H2,1-2H3;2*3H2,1-2H3. The van der Waals surface area contributed by atoms with Crippen molar-refractivity contribution in [3.8, 4) is 0 Å². The Labute approximate surface area is 718 Å². The van der Waals surface area contributed by atoms with Gasteiger partial charge in [-0.25, -0.2) is 0 Å². The molecule has 0 saturated carbocycles. The van der Waals surface area contributed by atoms with Gasteiger partial charge < -0.3 is 43.9 Å². The minimum absolute atomic E-state index is 0.736. The summed E-state index contributed by atoms with van der Waals surface area (Å²) in [6.45, 7) is 97.1. The summed E-state index contributed by atoms with van der Waals surface area (Å²) in [4.78, 5) is 18.9. The summed E-state index contributed by atoms with van der Waals surface area (Å²) in [5.74, 6) is 2.70. The average molecular weight is 1600 g/mol. The molecule has 9 nitrogen and oxygen atoms in total. The fourth-order valence-corrected chi connectivity index (χ4v) is 7.98. The second-order valence-electron chi connectivity index (χ2n) is 32.6. The van der Waals surface area contributed by atoms with Gasteiger partial charge in [0.1, 0.15) is 0 Å². The first-order valence-electron chi connectivity index (χ1n) is 49.8. The molecule has 111 heavy (non-hydrogen) atoms. The molecule has 0 aromatic rings. The predicted molar refractivity (Wildman–Crippen MR) is 535 cm³/mol. The van der Waals surface area contributed by atoms with Crippen LogP contribution in [0.1, 0.15) is 486 Å². The van der Waals surface area contributed by atoms with E-state index in [-0.39, 0.29) is 0 Å². The predicted octanol–water partition coefficient (Wildman–Crippen LogP) is 32.6. The molecular formula is C102H244N8O. The van der Waals surface area contributed by atoms with E-state index in [1.165, 1.54) is 336 Å². The minimum Gasteiger partial charge on any atom is -0.385 e. The molecule has 4 aliphatic rings. The third-order valence-electron chi connectivity index (χ3n) is 18.2. The van der Waals surface area contributed by atoms with Crippen LogP contribution in [0.2, 0.25) is 0 Å². The molecule has 0 aliphatic carbocycles. The molecule has 4 saturated heterocycles. The van der Waals surface area contributed by atoms with Crippen molar-refractivity contribution in [1.82, 2.24) is 39.2 Å². The van der Waals surface area contributed by atoms with E-state index in [9.17, 15) is 0 Å². The summed E-state index contributed by atoms with van der Waals surface area (Å²) in [6.07, 6.45) is 51.5. The van der Waals surface area contributed by atoms with Crippen LogP contribution in [0.25, 0.3) is 0 Å². The first-order chi connectivity index (χ1) is 52.8. The molecule has 0 N–H and O–H groups in total. The van der Waals surface area contributed by atoms with Gasteiger partial charge in [0.25, 0.3) is 0 Å². The smallest absolute Gasteiger partial charge is 0.0433 e. The van der Waals surface area contributed by atoms with Crippen molar-refractivity contribution in [2.24, 2.45) is 17.8 Å². The van der Waals surface area contributed by atoms with E-state index in [0.29, 0.717) is 0 Å². The SMILES string of the molecule is CCC.CCC.CCC(C)C.CCC(C)C.CCC(C)CC.CCC(C)N(C)C.CCCC.CCCC.CCCC.CCCCC.CCCCC.CCCCCC.CCCCN(C)C.CCCN(C)C.CCCN1CCCC1.CCCN1CCCCC1.CCN(C)C.CCN1CCCC1.CCN1CCCCC1.CCOC. The summed E-state index contributed by atoms with van der Waals surface area (Å²) in [6, 6.07) is 0.736. The highest BCUT2D eigenvalue weighted by Gasteiger charge is 2.10. The van der Waals surface area contributed by atoms with E-state index >= 15 is 0 Å². The zero-order chi connectivity index (χ0) is 89.8. The molecular weight excluding hydrogens is 1350 g/mol. The van der Waals surface area contributed by atoms with Crippen LogP contribution >= 0.6 is 0 Å². The van der Waals surface area contributed by atoms with Gasteiger partial charge in [0.05, 0.1) is 0 Å². The normalized spacial score (nSPS) is 13.2. The molecule has 0 aromatic heterocycles. The molecule has 0 amide bonds. The maximum Gasteiger partial charge on any atom is 0.0433 e. The van der Waals surface area contributed by atoms with Crippen LogP contribution in [0.3, 0.4) is 0 Å². The first kappa shape index (κ1) is 148. The fourth-order valence-electron chi connectivity index (χ4n) is 7.98. The van der Waals surface area contributed by atoms with Gasteiger partial charge in [0.15, 0.2) is 0 Å². The average Bonchev–Trinajstić information content (AvgIpc) is 1.97. The Kier molecular flexibility index (Phi) is 211. The van der Waals surface area contributed by atoms with E-state index < -0.39 is 0 Å². The number of likely N-dealkylation sites (tertiary alicyclic amines) is 4. The molecule has 0 radical (unpaired) electrons. The van der Waals surface area contributed by atoms with Crippen LogP contribution in [0.5, 0.6) is 0 Å². The molecule has 698 valence electrons. The number of rotatable bonds is 29. The van der Waals surface area contributed by atoms with Gasteiger partial charge in [0.2, 0.25) is 0 Å². The lowest BCUT2D eigenvalue weighted by Crippen LogP contribution is -2.30. The second kappa shape index (κ2) is 158. The van der Waals surface area contributed by atoms with Crippen molar-refractivity contribution < 1.29 is 4.74 Å². The van der Waals surface area contributed by atoms with E-state index in [4.69, 9.17) is 0 Å². The molecule has 0 spiro atoms. The van der Waals surface area contributed by atoms with Crippen molar-refractivity contribution in [3.63, 3.8) is 0 Å². The molecule has 4 aliphatic heterocycles. The minimum atomic E-state index is 0.736. The molecule has 1 atom stereocenters. The van der Waals surface area contributed by atoms with Gasteiger partial charge in [-0.1, -0.05) is 389 Å². The summed E-state index contributed by atoms with van der Waals surface area (Å²) in [5.41, 5.74) is 0. The Hall–Kier alpha value is -0.360. The molecule has 4 rings (SSSR count). The van der Waals surface area contributed by atoms with Crippen LogP contribution in [-0.4, -0.2) is 214 Å². The number of hydrogen-bond donors (Lipinski definition) is 0. The first-order valence-corrected chi connectivity index (χ1v) is 49.8.